The van der Waals surface area contributed by atoms with Crippen LogP contribution in [0.5, 0.6) is 5.75 Å². The average Bonchev–Trinajstić information content (AvgIpc) is 2.30. The standard InChI is InChI=1S/C12H8Br2FNO/c13-8-2-4-12(11(15)5-8)17-7-10-3-1-9(14)6-16-10/h1-6H,7H2. The van der Waals surface area contributed by atoms with Gasteiger partial charge in [0, 0.05) is 15.1 Å². The molecule has 0 radical (unpaired) electrons. The van der Waals surface area contributed by atoms with Crippen molar-refractivity contribution in [2.75, 3.05) is 0 Å². The summed E-state index contributed by atoms with van der Waals surface area (Å²) in [5.74, 6) is -0.172. The topological polar surface area (TPSA) is 22.1 Å². The molecule has 2 aromatic rings. The Labute approximate surface area is 115 Å². The van der Waals surface area contributed by atoms with Gasteiger partial charge in [0.15, 0.2) is 11.6 Å². The first-order valence-corrected chi connectivity index (χ1v) is 6.42. The molecule has 0 spiro atoms. The fourth-order valence-corrected chi connectivity index (χ4v) is 1.80. The third-order valence-corrected chi connectivity index (χ3v) is 3.02. The molecule has 88 valence electrons. The maximum atomic E-state index is 13.4. The van der Waals surface area contributed by atoms with Gasteiger partial charge in [0.25, 0.3) is 0 Å². The minimum absolute atomic E-state index is 0.220. The van der Waals surface area contributed by atoms with Crippen LogP contribution in [0, 0.1) is 5.82 Å². The molecular formula is C12H8Br2FNO. The van der Waals surface area contributed by atoms with Gasteiger partial charge in [-0.25, -0.2) is 4.39 Å². The van der Waals surface area contributed by atoms with E-state index in [1.807, 2.05) is 12.1 Å². The lowest BCUT2D eigenvalue weighted by Gasteiger charge is -2.06. The Bertz CT molecular complexity index is 516. The molecule has 17 heavy (non-hydrogen) atoms. The molecule has 0 aliphatic rings. The molecule has 0 N–H and O–H groups in total. The summed E-state index contributed by atoms with van der Waals surface area (Å²) in [5.41, 5.74) is 0.746. The first-order chi connectivity index (χ1) is 8.15. The van der Waals surface area contributed by atoms with Crippen LogP contribution in [0.15, 0.2) is 45.5 Å². The predicted octanol–water partition coefficient (Wildman–Crippen LogP) is 4.32. The van der Waals surface area contributed by atoms with Crippen LogP contribution in [-0.2, 0) is 6.61 Å². The van der Waals surface area contributed by atoms with Gasteiger partial charge in [-0.1, -0.05) is 15.9 Å². The molecule has 0 amide bonds. The van der Waals surface area contributed by atoms with E-state index < -0.39 is 5.82 Å². The van der Waals surface area contributed by atoms with Crippen LogP contribution in [0.4, 0.5) is 4.39 Å². The molecule has 0 atom stereocenters. The van der Waals surface area contributed by atoms with Gasteiger partial charge in [-0.2, -0.15) is 0 Å². The summed E-state index contributed by atoms with van der Waals surface area (Å²) in [6.07, 6.45) is 1.68. The molecule has 0 bridgehead atoms. The van der Waals surface area contributed by atoms with Crippen molar-refractivity contribution in [3.8, 4) is 5.75 Å². The van der Waals surface area contributed by atoms with Gasteiger partial charge in [-0.15, -0.1) is 0 Å². The summed E-state index contributed by atoms with van der Waals surface area (Å²) in [6, 6.07) is 8.36. The predicted molar refractivity (Wildman–Crippen MR) is 70.4 cm³/mol. The third kappa shape index (κ3) is 3.51. The monoisotopic (exact) mass is 359 g/mol. The maximum absolute atomic E-state index is 13.4. The van der Waals surface area contributed by atoms with E-state index in [4.69, 9.17) is 4.74 Å². The Hall–Kier alpha value is -0.940. The number of nitrogens with zero attached hydrogens (tertiary/aromatic N) is 1. The normalized spacial score (nSPS) is 10.3. The Morgan fingerprint density at radius 3 is 2.53 bits per heavy atom. The minimum Gasteiger partial charge on any atom is -0.484 e. The Kier molecular flexibility index (Phi) is 4.12. The van der Waals surface area contributed by atoms with Gasteiger partial charge in [0.05, 0.1) is 5.69 Å². The number of pyridine rings is 1. The zero-order valence-electron chi connectivity index (χ0n) is 8.66. The second-order valence-corrected chi connectivity index (χ2v) is 5.16. The van der Waals surface area contributed by atoms with Crippen LogP contribution in [-0.4, -0.2) is 4.98 Å². The van der Waals surface area contributed by atoms with Crippen molar-refractivity contribution in [2.45, 2.75) is 6.61 Å². The minimum atomic E-state index is -0.392. The molecule has 0 fully saturated rings. The van der Waals surface area contributed by atoms with Crippen LogP contribution >= 0.6 is 31.9 Å². The lowest BCUT2D eigenvalue weighted by Crippen LogP contribution is -1.99. The quantitative estimate of drug-likeness (QED) is 0.812. The largest absolute Gasteiger partial charge is 0.484 e. The molecule has 2 nitrogen and oxygen atoms in total. The lowest BCUT2D eigenvalue weighted by atomic mass is 10.3. The number of aromatic nitrogens is 1. The maximum Gasteiger partial charge on any atom is 0.166 e. The van der Waals surface area contributed by atoms with Gasteiger partial charge < -0.3 is 4.74 Å². The highest BCUT2D eigenvalue weighted by Gasteiger charge is 2.04. The van der Waals surface area contributed by atoms with Crippen LogP contribution in [0.1, 0.15) is 5.69 Å². The van der Waals surface area contributed by atoms with E-state index in [9.17, 15) is 4.39 Å². The van der Waals surface area contributed by atoms with Crippen molar-refractivity contribution in [1.29, 1.82) is 0 Å². The molecule has 0 unspecified atom stereocenters. The number of hydrogen-bond donors (Lipinski definition) is 0. The first-order valence-electron chi connectivity index (χ1n) is 4.83. The lowest BCUT2D eigenvalue weighted by molar-refractivity contribution is 0.286. The van der Waals surface area contributed by atoms with Crippen molar-refractivity contribution >= 4 is 31.9 Å². The highest BCUT2D eigenvalue weighted by Crippen LogP contribution is 2.22. The van der Waals surface area contributed by atoms with Gasteiger partial charge in [0.2, 0.25) is 0 Å². The van der Waals surface area contributed by atoms with Gasteiger partial charge in [0.1, 0.15) is 6.61 Å². The number of rotatable bonds is 3. The molecule has 0 saturated carbocycles. The molecule has 1 aromatic carbocycles. The van der Waals surface area contributed by atoms with E-state index in [0.29, 0.717) is 4.47 Å². The summed E-state index contributed by atoms with van der Waals surface area (Å²) in [5, 5.41) is 0. The van der Waals surface area contributed by atoms with E-state index in [1.54, 1.807) is 18.3 Å². The van der Waals surface area contributed by atoms with Crippen LogP contribution in [0.2, 0.25) is 0 Å². The van der Waals surface area contributed by atoms with Crippen molar-refractivity contribution in [3.63, 3.8) is 0 Å². The first kappa shape index (κ1) is 12.5. The number of halogens is 3. The van der Waals surface area contributed by atoms with E-state index in [1.165, 1.54) is 6.07 Å². The fourth-order valence-electron chi connectivity index (χ4n) is 1.24. The number of benzene rings is 1. The van der Waals surface area contributed by atoms with E-state index >= 15 is 0 Å². The SMILES string of the molecule is Fc1cc(Br)ccc1OCc1ccc(Br)cn1. The third-order valence-electron chi connectivity index (χ3n) is 2.06. The molecular weight excluding hydrogens is 353 g/mol. The summed E-state index contributed by atoms with van der Waals surface area (Å²) in [7, 11) is 0. The van der Waals surface area contributed by atoms with Crippen LogP contribution in [0.3, 0.4) is 0 Å². The van der Waals surface area contributed by atoms with Crippen molar-refractivity contribution in [1.82, 2.24) is 4.98 Å². The van der Waals surface area contributed by atoms with E-state index in [0.717, 1.165) is 10.2 Å². The molecule has 1 aromatic heterocycles. The zero-order chi connectivity index (χ0) is 12.3. The van der Waals surface area contributed by atoms with Crippen molar-refractivity contribution in [3.05, 3.63) is 57.0 Å². The molecule has 0 aliphatic heterocycles. The smallest absolute Gasteiger partial charge is 0.166 e. The molecule has 0 saturated heterocycles. The highest BCUT2D eigenvalue weighted by molar-refractivity contribution is 9.10. The number of ether oxygens (including phenoxy) is 1. The summed E-state index contributed by atoms with van der Waals surface area (Å²) >= 11 is 6.48. The zero-order valence-corrected chi connectivity index (χ0v) is 11.8. The summed E-state index contributed by atoms with van der Waals surface area (Å²) in [4.78, 5) is 4.14. The van der Waals surface area contributed by atoms with Gasteiger partial charge >= 0.3 is 0 Å². The van der Waals surface area contributed by atoms with E-state index in [2.05, 4.69) is 36.8 Å². The van der Waals surface area contributed by atoms with E-state index in [-0.39, 0.29) is 12.4 Å². The van der Waals surface area contributed by atoms with Crippen molar-refractivity contribution in [2.24, 2.45) is 0 Å². The molecule has 5 heteroatoms. The second-order valence-electron chi connectivity index (χ2n) is 3.33. The molecule has 0 aliphatic carbocycles. The summed E-state index contributed by atoms with van der Waals surface area (Å²) in [6.45, 7) is 0.242. The van der Waals surface area contributed by atoms with Gasteiger partial charge in [-0.3, -0.25) is 4.98 Å². The Morgan fingerprint density at radius 2 is 1.88 bits per heavy atom. The van der Waals surface area contributed by atoms with Crippen molar-refractivity contribution < 1.29 is 9.13 Å². The number of hydrogen-bond acceptors (Lipinski definition) is 2. The van der Waals surface area contributed by atoms with Gasteiger partial charge in [-0.05, 0) is 46.3 Å². The van der Waals surface area contributed by atoms with Crippen LogP contribution in [0.25, 0.3) is 0 Å². The second kappa shape index (κ2) is 5.60. The Balaban J connectivity index is 2.04. The summed E-state index contributed by atoms with van der Waals surface area (Å²) < 4.78 is 20.4. The van der Waals surface area contributed by atoms with Crippen LogP contribution < -0.4 is 4.74 Å². The Morgan fingerprint density at radius 1 is 1.12 bits per heavy atom. The molecule has 1 heterocycles. The highest BCUT2D eigenvalue weighted by atomic mass is 79.9. The average molecular weight is 361 g/mol. The molecule has 2 rings (SSSR count). The fraction of sp³-hybridized carbons (Fsp3) is 0.0833.